The normalized spacial score (nSPS) is 15.4. The Kier molecular flexibility index (Phi) is 7.78. The molecule has 2 heterocycles. The van der Waals surface area contributed by atoms with E-state index in [-0.39, 0.29) is 12.5 Å². The Morgan fingerprint density at radius 1 is 1.06 bits per heavy atom. The number of nitrogens with zero attached hydrogens (tertiary/aromatic N) is 4. The van der Waals surface area contributed by atoms with Crippen LogP contribution < -0.4 is 10.2 Å². The first-order chi connectivity index (χ1) is 16.3. The number of benzene rings is 2. The molecule has 0 saturated carbocycles. The third-order valence-corrected chi connectivity index (χ3v) is 6.93. The molecule has 7 nitrogen and oxygen atoms in total. The summed E-state index contributed by atoms with van der Waals surface area (Å²) in [7, 11) is 0. The number of carbonyl (C=O) groups is 1. The van der Waals surface area contributed by atoms with E-state index in [0.717, 1.165) is 49.1 Å². The zero-order valence-electron chi connectivity index (χ0n) is 19.3. The van der Waals surface area contributed by atoms with Crippen LogP contribution >= 0.6 is 23.2 Å². The molecule has 180 valence electrons. The van der Waals surface area contributed by atoms with E-state index >= 15 is 0 Å². The molecule has 1 aliphatic rings. The molecular formula is C25H29Cl2N5O2. The molecule has 2 aromatic carbocycles. The highest BCUT2D eigenvalue weighted by molar-refractivity contribution is 6.43. The summed E-state index contributed by atoms with van der Waals surface area (Å²) in [5, 5.41) is 14.5. The number of aliphatic hydroxyl groups excluding tert-OH is 1. The predicted molar refractivity (Wildman–Crippen MR) is 136 cm³/mol. The monoisotopic (exact) mass is 501 g/mol. The summed E-state index contributed by atoms with van der Waals surface area (Å²) in [4.78, 5) is 21.6. The Hall–Kier alpha value is -2.58. The van der Waals surface area contributed by atoms with E-state index in [1.807, 2.05) is 60.9 Å². The van der Waals surface area contributed by atoms with Gasteiger partial charge in [-0.3, -0.25) is 9.69 Å². The second-order valence-corrected chi connectivity index (χ2v) is 9.27. The van der Waals surface area contributed by atoms with Gasteiger partial charge in [-0.15, -0.1) is 0 Å². The fourth-order valence-corrected chi connectivity index (χ4v) is 4.79. The van der Waals surface area contributed by atoms with E-state index in [4.69, 9.17) is 23.2 Å². The number of aliphatic hydroxyl groups is 1. The number of aryl methyl sites for hydroxylation is 1. The van der Waals surface area contributed by atoms with Crippen LogP contribution in [0.1, 0.15) is 22.0 Å². The first-order valence-electron chi connectivity index (χ1n) is 11.3. The Bertz CT molecular complexity index is 1140. The van der Waals surface area contributed by atoms with E-state index in [1.165, 1.54) is 0 Å². The molecular weight excluding hydrogens is 473 g/mol. The van der Waals surface area contributed by atoms with Crippen LogP contribution in [0.4, 0.5) is 5.69 Å². The molecule has 4 rings (SSSR count). The van der Waals surface area contributed by atoms with Gasteiger partial charge in [0.2, 0.25) is 0 Å². The lowest BCUT2D eigenvalue weighted by Crippen LogP contribution is -2.50. The van der Waals surface area contributed by atoms with Crippen molar-refractivity contribution < 1.29 is 9.90 Å². The van der Waals surface area contributed by atoms with Gasteiger partial charge in [0, 0.05) is 45.0 Å². The summed E-state index contributed by atoms with van der Waals surface area (Å²) >= 11 is 12.5. The van der Waals surface area contributed by atoms with Crippen LogP contribution in [-0.4, -0.2) is 70.8 Å². The Balaban J connectivity index is 1.28. The van der Waals surface area contributed by atoms with E-state index in [1.54, 1.807) is 6.07 Å². The molecule has 1 saturated heterocycles. The van der Waals surface area contributed by atoms with Crippen LogP contribution in [-0.2, 0) is 0 Å². The third-order valence-electron chi connectivity index (χ3n) is 6.12. The van der Waals surface area contributed by atoms with Gasteiger partial charge in [-0.05, 0) is 38.1 Å². The van der Waals surface area contributed by atoms with Gasteiger partial charge in [-0.2, -0.15) is 0 Å². The molecule has 0 bridgehead atoms. The largest absolute Gasteiger partial charge is 0.390 e. The van der Waals surface area contributed by atoms with Gasteiger partial charge >= 0.3 is 0 Å². The molecule has 1 amide bonds. The van der Waals surface area contributed by atoms with E-state index < -0.39 is 6.10 Å². The van der Waals surface area contributed by atoms with Crippen molar-refractivity contribution in [2.45, 2.75) is 20.0 Å². The zero-order chi connectivity index (χ0) is 24.2. The minimum absolute atomic E-state index is 0.163. The van der Waals surface area contributed by atoms with Gasteiger partial charge in [0.25, 0.3) is 5.91 Å². The van der Waals surface area contributed by atoms with Crippen LogP contribution in [0, 0.1) is 13.8 Å². The highest BCUT2D eigenvalue weighted by Crippen LogP contribution is 2.32. The van der Waals surface area contributed by atoms with Crippen molar-refractivity contribution in [1.82, 2.24) is 19.8 Å². The fraction of sp³-hybridized carbons (Fsp3) is 0.360. The number of carbonyl (C=O) groups excluding carboxylic acids is 1. The lowest BCUT2D eigenvalue weighted by atomic mass is 10.2. The Morgan fingerprint density at radius 2 is 1.76 bits per heavy atom. The summed E-state index contributed by atoms with van der Waals surface area (Å²) in [6, 6.07) is 15.5. The maximum atomic E-state index is 12.8. The number of amides is 1. The number of hydrogen-bond acceptors (Lipinski definition) is 5. The molecule has 0 aliphatic carbocycles. The smallest absolute Gasteiger partial charge is 0.271 e. The number of imidazole rings is 1. The maximum absolute atomic E-state index is 12.8. The highest BCUT2D eigenvalue weighted by atomic mass is 35.5. The van der Waals surface area contributed by atoms with Gasteiger partial charge in [0.15, 0.2) is 0 Å². The van der Waals surface area contributed by atoms with Crippen LogP contribution in [0.5, 0.6) is 0 Å². The van der Waals surface area contributed by atoms with Crippen molar-refractivity contribution >= 4 is 34.8 Å². The van der Waals surface area contributed by atoms with E-state index in [2.05, 4.69) is 20.1 Å². The molecule has 0 spiro atoms. The summed E-state index contributed by atoms with van der Waals surface area (Å²) < 4.78 is 1.96. The van der Waals surface area contributed by atoms with Gasteiger partial charge in [-0.25, -0.2) is 4.98 Å². The second-order valence-electron chi connectivity index (χ2n) is 8.49. The van der Waals surface area contributed by atoms with E-state index in [9.17, 15) is 9.90 Å². The number of halogens is 2. The predicted octanol–water partition coefficient (Wildman–Crippen LogP) is 3.71. The number of β-amino-alcohol motifs (C(OH)–C–C–N with tert-alkyl or cyclic N) is 1. The van der Waals surface area contributed by atoms with Crippen molar-refractivity contribution in [1.29, 1.82) is 0 Å². The lowest BCUT2D eigenvalue weighted by Gasteiger charge is -2.37. The molecule has 0 unspecified atom stereocenters. The fourth-order valence-electron chi connectivity index (χ4n) is 4.38. The van der Waals surface area contributed by atoms with Crippen molar-refractivity contribution in [3.05, 3.63) is 75.8 Å². The summed E-state index contributed by atoms with van der Waals surface area (Å²) in [6.07, 6.45) is -0.678. The molecule has 34 heavy (non-hydrogen) atoms. The lowest BCUT2D eigenvalue weighted by molar-refractivity contribution is 0.0847. The molecule has 1 aliphatic heterocycles. The minimum atomic E-state index is -0.678. The number of para-hydroxylation sites is 1. The minimum Gasteiger partial charge on any atom is -0.390 e. The zero-order valence-corrected chi connectivity index (χ0v) is 20.9. The van der Waals surface area contributed by atoms with E-state index in [0.29, 0.717) is 22.3 Å². The molecule has 0 radical (unpaired) electrons. The maximum Gasteiger partial charge on any atom is 0.271 e. The Labute approximate surface area is 209 Å². The van der Waals surface area contributed by atoms with Crippen molar-refractivity contribution in [3.63, 3.8) is 0 Å². The average Bonchev–Trinajstić information content (AvgIpc) is 3.14. The Morgan fingerprint density at radius 3 is 2.47 bits per heavy atom. The average molecular weight is 502 g/mol. The number of piperazine rings is 1. The van der Waals surface area contributed by atoms with Gasteiger partial charge in [0.1, 0.15) is 11.5 Å². The molecule has 1 aromatic heterocycles. The summed E-state index contributed by atoms with van der Waals surface area (Å²) in [5.41, 5.74) is 3.04. The van der Waals surface area contributed by atoms with Crippen LogP contribution in [0.2, 0.25) is 10.0 Å². The summed E-state index contributed by atoms with van der Waals surface area (Å²) in [6.45, 7) is 7.54. The van der Waals surface area contributed by atoms with Crippen LogP contribution in [0.3, 0.4) is 0 Å². The van der Waals surface area contributed by atoms with Crippen molar-refractivity contribution in [2.24, 2.45) is 0 Å². The number of hydrogen-bond donors (Lipinski definition) is 2. The van der Waals surface area contributed by atoms with Gasteiger partial charge < -0.3 is 19.9 Å². The number of nitrogens with one attached hydrogen (secondary N) is 1. The van der Waals surface area contributed by atoms with Gasteiger partial charge in [-0.1, -0.05) is 47.5 Å². The SMILES string of the molecule is Cc1nc(C(=O)NC[C@H](O)CN2CCN(c3cccc(Cl)c3Cl)CC2)c(C)n1-c1ccccc1. The first kappa shape index (κ1) is 24.5. The third kappa shape index (κ3) is 5.39. The first-order valence-corrected chi connectivity index (χ1v) is 12.1. The quantitative estimate of drug-likeness (QED) is 0.516. The molecule has 3 aromatic rings. The number of aromatic nitrogens is 2. The molecule has 1 fully saturated rings. The van der Waals surface area contributed by atoms with Crippen molar-refractivity contribution in [2.75, 3.05) is 44.2 Å². The number of anilines is 1. The molecule has 2 N–H and O–H groups in total. The van der Waals surface area contributed by atoms with Crippen molar-refractivity contribution in [3.8, 4) is 5.69 Å². The topological polar surface area (TPSA) is 73.6 Å². The van der Waals surface area contributed by atoms with Crippen LogP contribution in [0.15, 0.2) is 48.5 Å². The molecule has 9 heteroatoms. The highest BCUT2D eigenvalue weighted by Gasteiger charge is 2.23. The molecule has 1 atom stereocenters. The summed E-state index contributed by atoms with van der Waals surface area (Å²) in [5.74, 6) is 0.460. The number of rotatable bonds is 7. The standard InChI is InChI=1S/C25H29Cl2N5O2/c1-17-24(29-18(2)32(17)19-7-4-3-5-8-19)25(34)28-15-20(33)16-30-11-13-31(14-12-30)22-10-6-9-21(26)23(22)27/h3-10,20,33H,11-16H2,1-2H3,(H,28,34)/t20-/m0/s1. The van der Waals surface area contributed by atoms with Gasteiger partial charge in [0.05, 0.1) is 27.5 Å². The second kappa shape index (κ2) is 10.8. The van der Waals surface area contributed by atoms with Crippen LogP contribution in [0.25, 0.3) is 5.69 Å².